The smallest absolute Gasteiger partial charge is 0.254 e. The van der Waals surface area contributed by atoms with Crippen molar-refractivity contribution < 1.29 is 13.9 Å². The first-order valence-electron chi connectivity index (χ1n) is 4.99. The van der Waals surface area contributed by atoms with Gasteiger partial charge in [-0.25, -0.2) is 4.39 Å². The summed E-state index contributed by atoms with van der Waals surface area (Å²) < 4.78 is 18.6. The second kappa shape index (κ2) is 6.09. The van der Waals surface area contributed by atoms with Gasteiger partial charge >= 0.3 is 0 Å². The fraction of sp³-hybridized carbons (Fsp3) is 0.364. The number of aryl methyl sites for hydroxylation is 1. The summed E-state index contributed by atoms with van der Waals surface area (Å²) in [6.07, 6.45) is -0.735. The number of benzene rings is 1. The summed E-state index contributed by atoms with van der Waals surface area (Å²) in [5.41, 5.74) is 6.52. The van der Waals surface area contributed by atoms with Crippen LogP contribution in [0.3, 0.4) is 0 Å². The molecule has 0 saturated carbocycles. The van der Waals surface area contributed by atoms with E-state index in [-0.39, 0.29) is 12.5 Å². The highest BCUT2D eigenvalue weighted by molar-refractivity contribution is 9.10. The van der Waals surface area contributed by atoms with Crippen molar-refractivity contribution in [3.8, 4) is 0 Å². The lowest BCUT2D eigenvalue weighted by Gasteiger charge is -2.14. The highest BCUT2D eigenvalue weighted by Gasteiger charge is 2.17. The SMILES string of the molecule is COC(CN)C(=O)Nc1cc(F)c(Br)cc1C. The summed E-state index contributed by atoms with van der Waals surface area (Å²) in [6.45, 7) is 1.84. The van der Waals surface area contributed by atoms with E-state index in [1.807, 2.05) is 0 Å². The maximum absolute atomic E-state index is 13.3. The van der Waals surface area contributed by atoms with Crippen molar-refractivity contribution in [2.24, 2.45) is 5.73 Å². The number of rotatable bonds is 4. The average molecular weight is 305 g/mol. The number of anilines is 1. The van der Waals surface area contributed by atoms with Gasteiger partial charge in [0.1, 0.15) is 11.9 Å². The van der Waals surface area contributed by atoms with Gasteiger partial charge in [0.2, 0.25) is 0 Å². The monoisotopic (exact) mass is 304 g/mol. The number of nitrogens with two attached hydrogens (primary N) is 1. The maximum Gasteiger partial charge on any atom is 0.254 e. The van der Waals surface area contributed by atoms with Crippen LogP contribution in [0.15, 0.2) is 16.6 Å². The van der Waals surface area contributed by atoms with Crippen LogP contribution in [0.4, 0.5) is 10.1 Å². The van der Waals surface area contributed by atoms with Crippen LogP contribution in [0.5, 0.6) is 0 Å². The molecule has 3 N–H and O–H groups in total. The van der Waals surface area contributed by atoms with Gasteiger partial charge in [0.05, 0.1) is 4.47 Å². The maximum atomic E-state index is 13.3. The van der Waals surface area contributed by atoms with Crippen molar-refractivity contribution in [2.45, 2.75) is 13.0 Å². The summed E-state index contributed by atoms with van der Waals surface area (Å²) in [6, 6.07) is 2.84. The Balaban J connectivity index is 2.88. The number of hydrogen-bond donors (Lipinski definition) is 2. The fourth-order valence-electron chi connectivity index (χ4n) is 1.30. The van der Waals surface area contributed by atoms with Gasteiger partial charge in [-0.1, -0.05) is 0 Å². The van der Waals surface area contributed by atoms with Gasteiger partial charge in [-0.05, 0) is 40.5 Å². The molecule has 4 nitrogen and oxygen atoms in total. The molecular weight excluding hydrogens is 291 g/mol. The molecule has 1 aromatic carbocycles. The van der Waals surface area contributed by atoms with Crippen LogP contribution in [0.25, 0.3) is 0 Å². The third-order valence-corrected chi connectivity index (χ3v) is 2.92. The molecule has 1 amide bonds. The molecule has 1 rings (SSSR count). The number of carbonyl (C=O) groups is 1. The van der Waals surface area contributed by atoms with Crippen LogP contribution >= 0.6 is 15.9 Å². The Hall–Kier alpha value is -0.980. The Morgan fingerprint density at radius 2 is 2.29 bits per heavy atom. The summed E-state index contributed by atoms with van der Waals surface area (Å²) in [4.78, 5) is 11.7. The summed E-state index contributed by atoms with van der Waals surface area (Å²) in [7, 11) is 1.39. The number of nitrogens with one attached hydrogen (secondary N) is 1. The average Bonchev–Trinajstić information content (AvgIpc) is 2.27. The van der Waals surface area contributed by atoms with E-state index in [2.05, 4.69) is 21.2 Å². The quantitative estimate of drug-likeness (QED) is 0.891. The molecule has 1 aromatic rings. The first-order chi connectivity index (χ1) is 7.99. The van der Waals surface area contributed by atoms with Gasteiger partial charge in [-0.15, -0.1) is 0 Å². The summed E-state index contributed by atoms with van der Waals surface area (Å²) in [5, 5.41) is 2.58. The Labute approximate surface area is 107 Å². The Bertz CT molecular complexity index is 422. The third kappa shape index (κ3) is 3.49. The first-order valence-corrected chi connectivity index (χ1v) is 5.78. The van der Waals surface area contributed by atoms with Crippen molar-refractivity contribution in [3.63, 3.8) is 0 Å². The standard InChI is InChI=1S/C11H14BrFN2O2/c1-6-3-7(12)8(13)4-9(6)15-11(16)10(5-14)17-2/h3-4,10H,5,14H2,1-2H3,(H,15,16). The van der Waals surface area contributed by atoms with Crippen LogP contribution in [-0.2, 0) is 9.53 Å². The largest absolute Gasteiger partial charge is 0.370 e. The van der Waals surface area contributed by atoms with Gasteiger partial charge in [0.25, 0.3) is 5.91 Å². The molecule has 0 aliphatic carbocycles. The zero-order chi connectivity index (χ0) is 13.0. The predicted octanol–water partition coefficient (Wildman–Crippen LogP) is 1.81. The van der Waals surface area contributed by atoms with E-state index < -0.39 is 11.9 Å². The second-order valence-electron chi connectivity index (χ2n) is 3.53. The molecular formula is C11H14BrFN2O2. The van der Waals surface area contributed by atoms with Crippen LogP contribution in [-0.4, -0.2) is 25.7 Å². The lowest BCUT2D eigenvalue weighted by molar-refractivity contribution is -0.125. The van der Waals surface area contributed by atoms with E-state index in [1.54, 1.807) is 13.0 Å². The lowest BCUT2D eigenvalue weighted by atomic mass is 10.2. The fourth-order valence-corrected chi connectivity index (χ4v) is 1.76. The van der Waals surface area contributed by atoms with Gasteiger partial charge in [0.15, 0.2) is 0 Å². The molecule has 1 unspecified atom stereocenters. The van der Waals surface area contributed by atoms with Crippen molar-refractivity contribution in [1.82, 2.24) is 0 Å². The molecule has 0 fully saturated rings. The number of amides is 1. The number of hydrogen-bond acceptors (Lipinski definition) is 3. The van der Waals surface area contributed by atoms with Crippen molar-refractivity contribution in [2.75, 3.05) is 19.0 Å². The molecule has 0 aromatic heterocycles. The third-order valence-electron chi connectivity index (χ3n) is 2.32. The minimum absolute atomic E-state index is 0.0698. The van der Waals surface area contributed by atoms with Crippen LogP contribution in [0, 0.1) is 12.7 Å². The van der Waals surface area contributed by atoms with E-state index in [9.17, 15) is 9.18 Å². The molecule has 0 aliphatic heterocycles. The first kappa shape index (κ1) is 14.1. The minimum Gasteiger partial charge on any atom is -0.370 e. The van der Waals surface area contributed by atoms with Gasteiger partial charge in [0, 0.05) is 19.3 Å². The molecule has 0 radical (unpaired) electrons. The van der Waals surface area contributed by atoms with Crippen molar-refractivity contribution in [3.05, 3.63) is 28.0 Å². The van der Waals surface area contributed by atoms with E-state index in [0.29, 0.717) is 10.2 Å². The Morgan fingerprint density at radius 1 is 1.65 bits per heavy atom. The topological polar surface area (TPSA) is 64.3 Å². The van der Waals surface area contributed by atoms with Crippen LogP contribution in [0.2, 0.25) is 0 Å². The molecule has 0 spiro atoms. The molecule has 17 heavy (non-hydrogen) atoms. The van der Waals surface area contributed by atoms with E-state index in [4.69, 9.17) is 10.5 Å². The van der Waals surface area contributed by atoms with Crippen molar-refractivity contribution >= 4 is 27.5 Å². The van der Waals surface area contributed by atoms with E-state index >= 15 is 0 Å². The highest BCUT2D eigenvalue weighted by Crippen LogP contribution is 2.24. The molecule has 6 heteroatoms. The van der Waals surface area contributed by atoms with Crippen LogP contribution < -0.4 is 11.1 Å². The van der Waals surface area contributed by atoms with Gasteiger partial charge in [-0.3, -0.25) is 4.79 Å². The number of halogens is 2. The molecule has 0 saturated heterocycles. The zero-order valence-electron chi connectivity index (χ0n) is 9.59. The molecule has 0 bridgehead atoms. The van der Waals surface area contributed by atoms with Crippen LogP contribution in [0.1, 0.15) is 5.56 Å². The molecule has 1 atom stereocenters. The number of ether oxygens (including phenoxy) is 1. The normalized spacial score (nSPS) is 12.3. The van der Waals surface area contributed by atoms with Gasteiger partial charge < -0.3 is 15.8 Å². The summed E-state index contributed by atoms with van der Waals surface area (Å²) in [5.74, 6) is -0.826. The second-order valence-corrected chi connectivity index (χ2v) is 4.38. The molecule has 94 valence electrons. The van der Waals surface area contributed by atoms with E-state index in [1.165, 1.54) is 13.2 Å². The summed E-state index contributed by atoms with van der Waals surface area (Å²) >= 11 is 3.07. The minimum atomic E-state index is -0.735. The Morgan fingerprint density at radius 3 is 2.82 bits per heavy atom. The lowest BCUT2D eigenvalue weighted by Crippen LogP contribution is -2.36. The molecule has 0 heterocycles. The molecule has 0 aliphatic rings. The van der Waals surface area contributed by atoms with Gasteiger partial charge in [-0.2, -0.15) is 0 Å². The zero-order valence-corrected chi connectivity index (χ0v) is 11.2. The number of methoxy groups -OCH3 is 1. The predicted molar refractivity (Wildman–Crippen MR) is 67.3 cm³/mol. The van der Waals surface area contributed by atoms with Crippen molar-refractivity contribution in [1.29, 1.82) is 0 Å². The Kier molecular flexibility index (Phi) is 5.04. The number of carbonyl (C=O) groups excluding carboxylic acids is 1. The highest BCUT2D eigenvalue weighted by atomic mass is 79.9. The van der Waals surface area contributed by atoms with E-state index in [0.717, 1.165) is 5.56 Å².